The number of carbonyl (C=O) groups excluding carboxylic acids is 1. The van der Waals surface area contributed by atoms with Gasteiger partial charge in [0, 0.05) is 6.92 Å². The number of nitrogens with one attached hydrogen (secondary N) is 3. The van der Waals surface area contributed by atoms with E-state index in [1.54, 1.807) is 0 Å². The van der Waals surface area contributed by atoms with E-state index >= 15 is 0 Å². The number of hydrogen-bond donors (Lipinski definition) is 8. The highest BCUT2D eigenvalue weighted by Crippen LogP contribution is 2.23. The van der Waals surface area contributed by atoms with Gasteiger partial charge in [0.15, 0.2) is 5.96 Å². The molecule has 0 saturated carbocycles. The number of nitrogens with two attached hydrogens (primary N) is 1. The van der Waals surface area contributed by atoms with Gasteiger partial charge in [-0.3, -0.25) is 10.2 Å². The maximum atomic E-state index is 11.4. The monoisotopic (exact) mass is 332 g/mol. The van der Waals surface area contributed by atoms with Gasteiger partial charge < -0.3 is 41.5 Å². The van der Waals surface area contributed by atoms with Crippen molar-refractivity contribution >= 4 is 17.8 Å². The molecule has 9 N–H and O–H groups in total. The van der Waals surface area contributed by atoms with Crippen molar-refractivity contribution in [3.05, 3.63) is 11.8 Å². The van der Waals surface area contributed by atoms with Gasteiger partial charge in [-0.05, 0) is 6.08 Å². The predicted octanol–water partition coefficient (Wildman–Crippen LogP) is -3.58. The minimum atomic E-state index is -1.70. The highest BCUT2D eigenvalue weighted by atomic mass is 16.5. The minimum absolute atomic E-state index is 0.496. The van der Waals surface area contributed by atoms with E-state index in [0.717, 1.165) is 6.08 Å². The summed E-state index contributed by atoms with van der Waals surface area (Å²) in [6, 6.07) is -2.03. The molecule has 0 fully saturated rings. The van der Waals surface area contributed by atoms with E-state index in [0.29, 0.717) is 0 Å². The number of amides is 1. The van der Waals surface area contributed by atoms with Crippen LogP contribution in [0.5, 0.6) is 0 Å². The first kappa shape index (κ1) is 18.7. The van der Waals surface area contributed by atoms with Crippen LogP contribution < -0.4 is 16.4 Å². The van der Waals surface area contributed by atoms with E-state index in [9.17, 15) is 19.8 Å². The summed E-state index contributed by atoms with van der Waals surface area (Å²) in [6.45, 7) is 0.387. The third-order valence-corrected chi connectivity index (χ3v) is 3.16. The Morgan fingerprint density at radius 1 is 1.43 bits per heavy atom. The molecule has 0 aliphatic carbocycles. The van der Waals surface area contributed by atoms with Crippen LogP contribution in [0.1, 0.15) is 6.92 Å². The Bertz CT molecular complexity index is 510. The van der Waals surface area contributed by atoms with Gasteiger partial charge in [-0.2, -0.15) is 0 Å². The van der Waals surface area contributed by atoms with Crippen molar-refractivity contribution in [3.63, 3.8) is 0 Å². The summed E-state index contributed by atoms with van der Waals surface area (Å²) in [6.07, 6.45) is -3.63. The fourth-order valence-electron chi connectivity index (χ4n) is 2.18. The van der Waals surface area contributed by atoms with Crippen molar-refractivity contribution < 1.29 is 34.8 Å². The summed E-state index contributed by atoms with van der Waals surface area (Å²) in [5.74, 6) is -3.02. The Kier molecular flexibility index (Phi) is 6.30. The van der Waals surface area contributed by atoms with Crippen molar-refractivity contribution in [2.45, 2.75) is 37.3 Å². The second-order valence-corrected chi connectivity index (χ2v) is 4.97. The number of guanidine groups is 1. The molecule has 0 spiro atoms. The minimum Gasteiger partial charge on any atom is -0.478 e. The largest absolute Gasteiger partial charge is 0.478 e. The first-order valence-electron chi connectivity index (χ1n) is 6.63. The van der Waals surface area contributed by atoms with Crippen molar-refractivity contribution in [2.24, 2.45) is 5.73 Å². The summed E-state index contributed by atoms with van der Waals surface area (Å²) in [5.41, 5.74) is 5.24. The first-order chi connectivity index (χ1) is 10.7. The molecule has 23 heavy (non-hydrogen) atoms. The number of ether oxygens (including phenoxy) is 1. The molecule has 1 amide bonds. The number of hydrogen-bond acceptors (Lipinski definition) is 7. The average Bonchev–Trinajstić information content (AvgIpc) is 2.45. The highest BCUT2D eigenvalue weighted by molar-refractivity contribution is 5.85. The van der Waals surface area contributed by atoms with Crippen LogP contribution in [0.3, 0.4) is 0 Å². The zero-order valence-corrected chi connectivity index (χ0v) is 12.3. The molecule has 0 bridgehead atoms. The van der Waals surface area contributed by atoms with E-state index in [1.807, 2.05) is 0 Å². The molecule has 1 heterocycles. The molecule has 0 saturated heterocycles. The van der Waals surface area contributed by atoms with Gasteiger partial charge in [-0.15, -0.1) is 0 Å². The first-order valence-corrected chi connectivity index (χ1v) is 6.63. The lowest BCUT2D eigenvalue weighted by Gasteiger charge is -2.40. The second-order valence-electron chi connectivity index (χ2n) is 4.97. The maximum Gasteiger partial charge on any atom is 0.370 e. The summed E-state index contributed by atoms with van der Waals surface area (Å²) in [5, 5.41) is 49.8. The Morgan fingerprint density at radius 2 is 2.04 bits per heavy atom. The van der Waals surface area contributed by atoms with Gasteiger partial charge in [-0.1, -0.05) is 0 Å². The standard InChI is InChI=1S/C12H20N4O7/c1-4(18)15-8-5(16-12(13)14)2-7(11(21)22)23-10(8)9(20)6(19)3-17/h2,5-6,8-10,17,19-20H,3H2,1H3,(H,15,18)(H,21,22)(H4,13,14,16)/t5-,6?,8-,9?,10-/m1/s1. The molecule has 11 nitrogen and oxygen atoms in total. The zero-order valence-electron chi connectivity index (χ0n) is 12.3. The van der Waals surface area contributed by atoms with Gasteiger partial charge in [0.2, 0.25) is 11.7 Å². The summed E-state index contributed by atoms with van der Waals surface area (Å²) in [4.78, 5) is 22.5. The summed E-state index contributed by atoms with van der Waals surface area (Å²) >= 11 is 0. The zero-order chi connectivity index (χ0) is 17.7. The van der Waals surface area contributed by atoms with Crippen LogP contribution in [-0.2, 0) is 14.3 Å². The van der Waals surface area contributed by atoms with Crippen LogP contribution in [0.4, 0.5) is 0 Å². The SMILES string of the molecule is CC(=O)N[C@@H]1[C@H](NC(=N)N)C=C(C(=O)O)O[C@H]1C(O)C(O)CO. The Labute approximate surface area is 131 Å². The Balaban J connectivity index is 3.22. The fourth-order valence-corrected chi connectivity index (χ4v) is 2.18. The van der Waals surface area contributed by atoms with Crippen molar-refractivity contribution in [3.8, 4) is 0 Å². The fraction of sp³-hybridized carbons (Fsp3) is 0.583. The maximum absolute atomic E-state index is 11.4. The smallest absolute Gasteiger partial charge is 0.370 e. The number of aliphatic hydroxyl groups excluding tert-OH is 3. The number of aliphatic carboxylic acids is 1. The second kappa shape index (κ2) is 7.76. The van der Waals surface area contributed by atoms with Crippen molar-refractivity contribution in [1.29, 1.82) is 5.41 Å². The van der Waals surface area contributed by atoms with E-state index in [1.165, 1.54) is 6.92 Å². The normalized spacial score (nSPS) is 26.3. The van der Waals surface area contributed by atoms with Crippen LogP contribution in [-0.4, -0.2) is 75.3 Å². The Hall–Kier alpha value is -2.37. The molecule has 1 aliphatic heterocycles. The van der Waals surface area contributed by atoms with Gasteiger partial charge in [0.1, 0.15) is 18.3 Å². The topological polar surface area (TPSA) is 198 Å². The van der Waals surface area contributed by atoms with Gasteiger partial charge >= 0.3 is 5.97 Å². The van der Waals surface area contributed by atoms with Gasteiger partial charge in [-0.25, -0.2) is 4.79 Å². The summed E-state index contributed by atoms with van der Waals surface area (Å²) in [7, 11) is 0. The quantitative estimate of drug-likeness (QED) is 0.179. The van der Waals surface area contributed by atoms with Crippen LogP contribution in [0, 0.1) is 5.41 Å². The lowest BCUT2D eigenvalue weighted by molar-refractivity contribution is -0.146. The molecular formula is C12H20N4O7. The van der Waals surface area contributed by atoms with Gasteiger partial charge in [0.25, 0.3) is 0 Å². The highest BCUT2D eigenvalue weighted by Gasteiger charge is 2.43. The molecular weight excluding hydrogens is 312 g/mol. The average molecular weight is 332 g/mol. The molecule has 0 aromatic rings. The van der Waals surface area contributed by atoms with E-state index < -0.39 is 60.6 Å². The third kappa shape index (κ3) is 4.81. The summed E-state index contributed by atoms with van der Waals surface area (Å²) < 4.78 is 5.13. The molecule has 1 aliphatic rings. The van der Waals surface area contributed by atoms with Crippen LogP contribution >= 0.6 is 0 Å². The van der Waals surface area contributed by atoms with Crippen LogP contribution in [0.25, 0.3) is 0 Å². The molecule has 11 heteroatoms. The van der Waals surface area contributed by atoms with Crippen molar-refractivity contribution in [2.75, 3.05) is 6.61 Å². The third-order valence-electron chi connectivity index (χ3n) is 3.16. The van der Waals surface area contributed by atoms with Crippen molar-refractivity contribution in [1.82, 2.24) is 10.6 Å². The lowest BCUT2D eigenvalue weighted by atomic mass is 9.92. The molecule has 130 valence electrons. The molecule has 0 radical (unpaired) electrons. The van der Waals surface area contributed by atoms with E-state index in [4.69, 9.17) is 26.1 Å². The lowest BCUT2D eigenvalue weighted by Crippen LogP contribution is -2.64. The number of carboxylic acids is 1. The van der Waals surface area contributed by atoms with Gasteiger partial charge in [0.05, 0.1) is 18.7 Å². The number of rotatable bonds is 6. The number of aliphatic hydroxyl groups is 3. The van der Waals surface area contributed by atoms with E-state index in [-0.39, 0.29) is 0 Å². The van der Waals surface area contributed by atoms with Crippen LogP contribution in [0.2, 0.25) is 0 Å². The van der Waals surface area contributed by atoms with E-state index in [2.05, 4.69) is 10.6 Å². The number of carboxylic acid groups (broad SMARTS) is 1. The molecule has 0 aromatic carbocycles. The Morgan fingerprint density at radius 3 is 2.48 bits per heavy atom. The molecule has 5 atom stereocenters. The molecule has 0 aromatic heterocycles. The predicted molar refractivity (Wildman–Crippen MR) is 76.1 cm³/mol. The number of carbonyl (C=O) groups is 2. The molecule has 2 unspecified atom stereocenters. The molecule has 1 rings (SSSR count). The van der Waals surface area contributed by atoms with Crippen LogP contribution in [0.15, 0.2) is 11.8 Å².